The van der Waals surface area contributed by atoms with Crippen molar-refractivity contribution in [3.05, 3.63) is 10.8 Å². The van der Waals surface area contributed by atoms with Gasteiger partial charge in [0.05, 0.1) is 11.5 Å². The van der Waals surface area contributed by atoms with Gasteiger partial charge >= 0.3 is 6.18 Å². The first-order valence-electron chi connectivity index (χ1n) is 5.97. The minimum atomic E-state index is -4.61. The number of halogens is 3. The SMILES string of the molecule is O=S1(=O)CCC(NCc2nn3c(C(F)(F)F)nnc3s2)C1. The number of hydrogen-bond donors (Lipinski definition) is 1. The van der Waals surface area contributed by atoms with Crippen LogP contribution < -0.4 is 5.32 Å². The first-order valence-corrected chi connectivity index (χ1v) is 8.60. The average molecular weight is 341 g/mol. The summed E-state index contributed by atoms with van der Waals surface area (Å²) in [5.74, 6) is -0.984. The normalized spacial score (nSPS) is 22.1. The Balaban J connectivity index is 1.72. The highest BCUT2D eigenvalue weighted by Crippen LogP contribution is 2.29. The molecule has 12 heteroatoms. The van der Waals surface area contributed by atoms with E-state index in [9.17, 15) is 21.6 Å². The van der Waals surface area contributed by atoms with Crippen molar-refractivity contribution in [3.8, 4) is 0 Å². The number of sulfone groups is 1. The van der Waals surface area contributed by atoms with Gasteiger partial charge in [0.2, 0.25) is 4.96 Å². The van der Waals surface area contributed by atoms with Crippen molar-refractivity contribution in [2.75, 3.05) is 11.5 Å². The average Bonchev–Trinajstić information content (AvgIpc) is 2.97. The fraction of sp³-hybridized carbons (Fsp3) is 0.667. The van der Waals surface area contributed by atoms with E-state index >= 15 is 0 Å². The third-order valence-electron chi connectivity index (χ3n) is 3.06. The van der Waals surface area contributed by atoms with Crippen molar-refractivity contribution in [2.24, 2.45) is 0 Å². The second kappa shape index (κ2) is 4.88. The predicted molar refractivity (Wildman–Crippen MR) is 67.6 cm³/mol. The van der Waals surface area contributed by atoms with Gasteiger partial charge in [-0.1, -0.05) is 11.3 Å². The largest absolute Gasteiger partial charge is 0.453 e. The Morgan fingerprint density at radius 2 is 2.14 bits per heavy atom. The zero-order valence-corrected chi connectivity index (χ0v) is 12.1. The highest BCUT2D eigenvalue weighted by atomic mass is 32.2. The molecule has 1 atom stereocenters. The zero-order chi connectivity index (χ0) is 15.3. The van der Waals surface area contributed by atoms with E-state index in [1.54, 1.807) is 0 Å². The summed E-state index contributed by atoms with van der Waals surface area (Å²) in [6, 6.07) is -0.188. The first kappa shape index (κ1) is 14.7. The van der Waals surface area contributed by atoms with Gasteiger partial charge in [0.1, 0.15) is 5.01 Å². The quantitative estimate of drug-likeness (QED) is 0.874. The van der Waals surface area contributed by atoms with E-state index < -0.39 is 21.8 Å². The van der Waals surface area contributed by atoms with Crippen molar-refractivity contribution >= 4 is 26.1 Å². The van der Waals surface area contributed by atoms with Crippen LogP contribution in [0, 0.1) is 0 Å². The number of aromatic nitrogens is 4. The third kappa shape index (κ3) is 3.01. The molecule has 0 radical (unpaired) electrons. The van der Waals surface area contributed by atoms with E-state index in [0.29, 0.717) is 15.9 Å². The van der Waals surface area contributed by atoms with Gasteiger partial charge in [0.15, 0.2) is 9.84 Å². The van der Waals surface area contributed by atoms with Gasteiger partial charge in [-0.25, -0.2) is 8.42 Å². The zero-order valence-electron chi connectivity index (χ0n) is 10.5. The summed E-state index contributed by atoms with van der Waals surface area (Å²) in [6.07, 6.45) is -4.11. The molecule has 0 amide bonds. The summed E-state index contributed by atoms with van der Waals surface area (Å²) < 4.78 is 61.2. The summed E-state index contributed by atoms with van der Waals surface area (Å²) in [7, 11) is -3.00. The minimum absolute atomic E-state index is 0.0465. The maximum absolute atomic E-state index is 12.6. The third-order valence-corrected chi connectivity index (χ3v) is 5.73. The van der Waals surface area contributed by atoms with Gasteiger partial charge in [-0.3, -0.25) is 0 Å². The van der Waals surface area contributed by atoms with Gasteiger partial charge in [-0.2, -0.15) is 22.8 Å². The number of hydrogen-bond acceptors (Lipinski definition) is 7. The van der Waals surface area contributed by atoms with Crippen LogP contribution in [0.4, 0.5) is 13.2 Å². The van der Waals surface area contributed by atoms with Crippen molar-refractivity contribution in [1.82, 2.24) is 25.1 Å². The predicted octanol–water partition coefficient (Wildman–Crippen LogP) is 0.481. The fourth-order valence-electron chi connectivity index (χ4n) is 2.09. The Labute approximate surface area is 121 Å². The van der Waals surface area contributed by atoms with Crippen LogP contribution in [0.15, 0.2) is 0 Å². The van der Waals surface area contributed by atoms with Crippen LogP contribution in [0.2, 0.25) is 0 Å². The van der Waals surface area contributed by atoms with Gasteiger partial charge in [-0.05, 0) is 6.42 Å². The van der Waals surface area contributed by atoms with Crippen molar-refractivity contribution in [3.63, 3.8) is 0 Å². The van der Waals surface area contributed by atoms with E-state index in [2.05, 4.69) is 20.6 Å². The van der Waals surface area contributed by atoms with E-state index in [-0.39, 0.29) is 29.1 Å². The van der Waals surface area contributed by atoms with Crippen molar-refractivity contribution < 1.29 is 21.6 Å². The van der Waals surface area contributed by atoms with Crippen LogP contribution in [0.1, 0.15) is 17.3 Å². The molecule has 116 valence electrons. The molecule has 1 N–H and O–H groups in total. The number of rotatable bonds is 3. The lowest BCUT2D eigenvalue weighted by molar-refractivity contribution is -0.146. The Morgan fingerprint density at radius 3 is 2.76 bits per heavy atom. The lowest BCUT2D eigenvalue weighted by Gasteiger charge is -2.07. The molecule has 0 bridgehead atoms. The van der Waals surface area contributed by atoms with Gasteiger partial charge in [0.25, 0.3) is 5.82 Å². The molecule has 1 saturated heterocycles. The molecule has 2 aromatic heterocycles. The van der Waals surface area contributed by atoms with E-state index in [1.165, 1.54) is 0 Å². The summed E-state index contributed by atoms with van der Waals surface area (Å²) in [6.45, 7) is 0.200. The molecule has 3 rings (SSSR count). The minimum Gasteiger partial charge on any atom is -0.307 e. The molecular formula is C9H10F3N5O2S2. The maximum Gasteiger partial charge on any atom is 0.453 e. The van der Waals surface area contributed by atoms with E-state index in [1.807, 2.05) is 0 Å². The number of nitrogens with zero attached hydrogens (tertiary/aromatic N) is 4. The summed E-state index contributed by atoms with van der Waals surface area (Å²) >= 11 is 0.984. The lowest BCUT2D eigenvalue weighted by atomic mass is 10.3. The summed E-state index contributed by atoms with van der Waals surface area (Å²) in [4.78, 5) is 0.0539. The monoisotopic (exact) mass is 341 g/mol. The van der Waals surface area contributed by atoms with Crippen LogP contribution in [-0.4, -0.2) is 45.8 Å². The number of alkyl halides is 3. The van der Waals surface area contributed by atoms with Gasteiger partial charge in [-0.15, -0.1) is 10.2 Å². The summed E-state index contributed by atoms with van der Waals surface area (Å²) in [5, 5.41) is 13.7. The van der Waals surface area contributed by atoms with Crippen LogP contribution in [0.3, 0.4) is 0 Å². The topological polar surface area (TPSA) is 89.2 Å². The van der Waals surface area contributed by atoms with Gasteiger partial charge in [0, 0.05) is 12.6 Å². The highest BCUT2D eigenvalue weighted by molar-refractivity contribution is 7.91. The number of nitrogens with one attached hydrogen (secondary N) is 1. The number of fused-ring (bicyclic) bond motifs is 1. The molecule has 3 heterocycles. The van der Waals surface area contributed by atoms with E-state index in [4.69, 9.17) is 0 Å². The fourth-order valence-corrected chi connectivity index (χ4v) is 4.58. The Bertz CT molecular complexity index is 766. The van der Waals surface area contributed by atoms with Crippen molar-refractivity contribution in [2.45, 2.75) is 25.2 Å². The first-order chi connectivity index (χ1) is 9.74. The molecule has 0 saturated carbocycles. The molecule has 7 nitrogen and oxygen atoms in total. The molecule has 0 aromatic carbocycles. The molecule has 1 aliphatic rings. The molecule has 1 unspecified atom stereocenters. The maximum atomic E-state index is 12.6. The molecular weight excluding hydrogens is 331 g/mol. The van der Waals surface area contributed by atoms with Crippen LogP contribution in [-0.2, 0) is 22.6 Å². The Hall–Kier alpha value is -1.27. The Morgan fingerprint density at radius 1 is 1.38 bits per heavy atom. The van der Waals surface area contributed by atoms with Crippen LogP contribution in [0.25, 0.3) is 4.96 Å². The van der Waals surface area contributed by atoms with Gasteiger partial charge < -0.3 is 5.32 Å². The van der Waals surface area contributed by atoms with E-state index in [0.717, 1.165) is 11.3 Å². The smallest absolute Gasteiger partial charge is 0.307 e. The second-order valence-electron chi connectivity index (χ2n) is 4.69. The molecule has 1 aliphatic heterocycles. The van der Waals surface area contributed by atoms with Crippen LogP contribution >= 0.6 is 11.3 Å². The lowest BCUT2D eigenvalue weighted by Crippen LogP contribution is -2.29. The molecule has 2 aromatic rings. The highest BCUT2D eigenvalue weighted by Gasteiger charge is 2.38. The van der Waals surface area contributed by atoms with Crippen molar-refractivity contribution in [1.29, 1.82) is 0 Å². The summed E-state index contributed by atoms with van der Waals surface area (Å²) in [5.41, 5.74) is 0. The standard InChI is InChI=1S/C9H10F3N5O2S2/c10-9(11,12)7-14-15-8-17(7)16-6(20-8)3-13-5-1-2-21(18,19)4-5/h5,13H,1-4H2. The molecule has 21 heavy (non-hydrogen) atoms. The Kier molecular flexibility index (Phi) is 3.41. The second-order valence-corrected chi connectivity index (χ2v) is 7.96. The molecule has 0 aliphatic carbocycles. The molecule has 1 fully saturated rings. The molecule has 0 spiro atoms. The van der Waals surface area contributed by atoms with Crippen LogP contribution in [0.5, 0.6) is 0 Å².